The number of alkyl halides is 4. The van der Waals surface area contributed by atoms with Gasteiger partial charge in [0, 0.05) is 28.6 Å². The van der Waals surface area contributed by atoms with E-state index in [1.807, 2.05) is 0 Å². The van der Waals surface area contributed by atoms with Gasteiger partial charge in [-0.25, -0.2) is 4.39 Å². The molecule has 0 atom stereocenters. The molecule has 0 aliphatic heterocycles. The lowest BCUT2D eigenvalue weighted by Crippen LogP contribution is -2.33. The Morgan fingerprint density at radius 1 is 1.27 bits per heavy atom. The maximum atomic E-state index is 13.9. The van der Waals surface area contributed by atoms with Gasteiger partial charge >= 0.3 is 18.5 Å². The van der Waals surface area contributed by atoms with Crippen molar-refractivity contribution in [2.75, 3.05) is 0 Å². The molecule has 0 unspecified atom stereocenters. The van der Waals surface area contributed by atoms with E-state index in [1.165, 1.54) is 6.92 Å². The van der Waals surface area contributed by atoms with Crippen LogP contribution in [-0.2, 0) is 11.2 Å². The lowest BCUT2D eigenvalue weighted by atomic mass is 10.1. The van der Waals surface area contributed by atoms with E-state index in [-0.39, 0.29) is 27.7 Å². The summed E-state index contributed by atoms with van der Waals surface area (Å²) in [4.78, 5) is 24.1. The second kappa shape index (κ2) is 7.59. The van der Waals surface area contributed by atoms with Gasteiger partial charge in [0.05, 0.1) is 17.5 Å². The van der Waals surface area contributed by atoms with Crippen LogP contribution < -0.4 is 4.74 Å². The summed E-state index contributed by atoms with van der Waals surface area (Å²) in [7, 11) is 0. The number of phenols is 1. The fourth-order valence-electron chi connectivity index (χ4n) is 2.91. The summed E-state index contributed by atoms with van der Waals surface area (Å²) < 4.78 is 69.5. The summed E-state index contributed by atoms with van der Waals surface area (Å²) in [6, 6.07) is 2.63. The van der Waals surface area contributed by atoms with E-state index in [1.54, 1.807) is 0 Å². The molecule has 0 bridgehead atoms. The molecule has 2 heterocycles. The third-order valence-electron chi connectivity index (χ3n) is 4.25. The van der Waals surface area contributed by atoms with Crippen LogP contribution in [0.4, 0.5) is 22.0 Å². The summed E-state index contributed by atoms with van der Waals surface area (Å²) in [6.07, 6.45) is -9.37. The molecule has 1 aromatic carbocycles. The van der Waals surface area contributed by atoms with Crippen molar-refractivity contribution in [2.45, 2.75) is 25.9 Å². The van der Waals surface area contributed by atoms with Gasteiger partial charge < -0.3 is 14.9 Å². The zero-order chi connectivity index (χ0) is 22.4. The van der Waals surface area contributed by atoms with E-state index in [4.69, 9.17) is 5.11 Å². The number of aromatic nitrogens is 1. The summed E-state index contributed by atoms with van der Waals surface area (Å²) in [5.74, 6) is -3.92. The van der Waals surface area contributed by atoms with Crippen LogP contribution in [0.2, 0.25) is 0 Å². The number of phenolic OH excluding ortho intramolecular Hbond substituents is 1. The van der Waals surface area contributed by atoms with Gasteiger partial charge in [-0.3, -0.25) is 14.2 Å². The number of carbonyl (C=O) groups is 2. The molecule has 30 heavy (non-hydrogen) atoms. The maximum Gasteiger partial charge on any atom is 0.461 e. The number of hydrogen-bond acceptors (Lipinski definition) is 5. The first-order chi connectivity index (χ1) is 13.9. The van der Waals surface area contributed by atoms with Gasteiger partial charge in [0.2, 0.25) is 0 Å². The Morgan fingerprint density at radius 3 is 2.53 bits per heavy atom. The maximum absolute atomic E-state index is 13.9. The molecular weight excluding hydrogens is 437 g/mol. The van der Waals surface area contributed by atoms with Gasteiger partial charge in [-0.1, -0.05) is 0 Å². The zero-order valence-electron chi connectivity index (χ0n) is 15.0. The van der Waals surface area contributed by atoms with Crippen LogP contribution in [0.15, 0.2) is 23.6 Å². The van der Waals surface area contributed by atoms with E-state index in [0.717, 1.165) is 28.1 Å². The number of hydrogen-bond donors (Lipinski definition) is 2. The number of carboxylic acid groups (broad SMARTS) is 1. The Morgan fingerprint density at radius 2 is 1.93 bits per heavy atom. The topological polar surface area (TPSA) is 88.8 Å². The van der Waals surface area contributed by atoms with Gasteiger partial charge in [0.1, 0.15) is 0 Å². The summed E-state index contributed by atoms with van der Waals surface area (Å²) >= 11 is 0.473. The third kappa shape index (κ3) is 3.82. The minimum absolute atomic E-state index is 0.0596. The number of benzene rings is 1. The smallest absolute Gasteiger partial charge is 0.461 e. The van der Waals surface area contributed by atoms with Crippen molar-refractivity contribution < 1.29 is 46.5 Å². The molecule has 0 radical (unpaired) electrons. The highest BCUT2D eigenvalue weighted by atomic mass is 32.1. The van der Waals surface area contributed by atoms with Crippen LogP contribution in [0.5, 0.6) is 10.8 Å². The van der Waals surface area contributed by atoms with Crippen LogP contribution in [0.1, 0.15) is 21.6 Å². The zero-order valence-corrected chi connectivity index (χ0v) is 15.8. The van der Waals surface area contributed by atoms with Crippen molar-refractivity contribution in [2.24, 2.45) is 0 Å². The molecule has 3 aromatic rings. The quantitative estimate of drug-likeness (QED) is 0.545. The summed E-state index contributed by atoms with van der Waals surface area (Å²) in [6.45, 7) is 1.39. The van der Waals surface area contributed by atoms with Gasteiger partial charge in [0.25, 0.3) is 5.91 Å². The number of aliphatic carboxylic acids is 1. The van der Waals surface area contributed by atoms with Crippen molar-refractivity contribution in [1.29, 1.82) is 0 Å². The van der Waals surface area contributed by atoms with Crippen LogP contribution in [-0.4, -0.2) is 39.2 Å². The standard InChI is InChI=1S/C18H12F5NO5S/c1-7-9(4-14(26)27)10-3-13(25)11(19)5-12(10)24(7)16(28)8-2-15(30-6-8)29-18(22,23)17(20)21/h2-3,5-6,17,25H,4H2,1H3,(H,26,27). The number of rotatable bonds is 6. The van der Waals surface area contributed by atoms with Crippen molar-refractivity contribution in [3.8, 4) is 10.8 Å². The van der Waals surface area contributed by atoms with Crippen LogP contribution in [0.25, 0.3) is 10.9 Å². The molecular formula is C18H12F5NO5S. The molecule has 12 heteroatoms. The Bertz CT molecular complexity index is 1150. The predicted molar refractivity (Wildman–Crippen MR) is 95.3 cm³/mol. The third-order valence-corrected chi connectivity index (χ3v) is 5.05. The van der Waals surface area contributed by atoms with E-state index in [2.05, 4.69) is 4.74 Å². The highest BCUT2D eigenvalue weighted by Crippen LogP contribution is 2.35. The van der Waals surface area contributed by atoms with E-state index < -0.39 is 47.5 Å². The van der Waals surface area contributed by atoms with E-state index in [9.17, 15) is 36.6 Å². The molecule has 2 N–H and O–H groups in total. The molecule has 0 saturated heterocycles. The molecule has 2 aromatic heterocycles. The first-order valence-corrected chi connectivity index (χ1v) is 9.02. The highest BCUT2D eigenvalue weighted by Gasteiger charge is 2.44. The number of fused-ring (bicyclic) bond motifs is 1. The number of carbonyl (C=O) groups excluding carboxylic acids is 1. The molecule has 0 spiro atoms. The second-order valence-corrected chi connectivity index (χ2v) is 7.09. The van der Waals surface area contributed by atoms with Crippen LogP contribution >= 0.6 is 11.3 Å². The van der Waals surface area contributed by atoms with Crippen molar-refractivity contribution in [1.82, 2.24) is 4.57 Å². The van der Waals surface area contributed by atoms with Crippen LogP contribution in [0.3, 0.4) is 0 Å². The molecule has 0 amide bonds. The number of carboxylic acids is 1. The average Bonchev–Trinajstić information content (AvgIpc) is 3.18. The van der Waals surface area contributed by atoms with Crippen molar-refractivity contribution >= 4 is 34.1 Å². The minimum atomic E-state index is -4.75. The summed E-state index contributed by atoms with van der Waals surface area (Å²) in [5.41, 5.74) is -0.0304. The highest BCUT2D eigenvalue weighted by molar-refractivity contribution is 7.12. The number of ether oxygens (including phenoxy) is 1. The Labute approximate surface area is 168 Å². The molecule has 0 fully saturated rings. The first-order valence-electron chi connectivity index (χ1n) is 8.14. The fourth-order valence-corrected chi connectivity index (χ4v) is 3.68. The van der Waals surface area contributed by atoms with Gasteiger partial charge in [-0.05, 0) is 18.6 Å². The Balaban J connectivity index is 2.09. The lowest BCUT2D eigenvalue weighted by Gasteiger charge is -2.14. The number of aromatic hydroxyl groups is 1. The largest absolute Gasteiger partial charge is 0.505 e. The second-order valence-electron chi connectivity index (χ2n) is 6.21. The van der Waals surface area contributed by atoms with Crippen molar-refractivity contribution in [3.63, 3.8) is 0 Å². The Hall–Kier alpha value is -3.15. The van der Waals surface area contributed by atoms with E-state index in [0.29, 0.717) is 11.3 Å². The monoisotopic (exact) mass is 449 g/mol. The predicted octanol–water partition coefficient (Wildman–Crippen LogP) is 4.41. The van der Waals surface area contributed by atoms with Crippen molar-refractivity contribution in [3.05, 3.63) is 46.2 Å². The number of halogens is 5. The molecule has 0 saturated carbocycles. The molecule has 3 rings (SSSR count). The molecule has 0 aliphatic rings. The minimum Gasteiger partial charge on any atom is -0.505 e. The molecule has 160 valence electrons. The SMILES string of the molecule is Cc1c(CC(=O)O)c2cc(O)c(F)cc2n1C(=O)c1csc(OC(F)(F)C(F)F)c1. The Kier molecular flexibility index (Phi) is 5.46. The summed E-state index contributed by atoms with van der Waals surface area (Å²) in [5, 5.41) is 19.3. The van der Waals surface area contributed by atoms with Gasteiger partial charge in [-0.15, -0.1) is 11.3 Å². The number of nitrogens with zero attached hydrogens (tertiary/aromatic N) is 1. The van der Waals surface area contributed by atoms with Gasteiger partial charge in [0.15, 0.2) is 16.6 Å². The fraction of sp³-hybridized carbons (Fsp3) is 0.222. The molecule has 0 aliphatic carbocycles. The van der Waals surface area contributed by atoms with Crippen LogP contribution in [0, 0.1) is 12.7 Å². The average molecular weight is 449 g/mol. The number of thiophene rings is 1. The molecule has 6 nitrogen and oxygen atoms in total. The van der Waals surface area contributed by atoms with Gasteiger partial charge in [-0.2, -0.15) is 17.6 Å². The normalized spacial score (nSPS) is 12.0. The van der Waals surface area contributed by atoms with E-state index >= 15 is 0 Å². The first kappa shape index (κ1) is 21.6. The lowest BCUT2D eigenvalue weighted by molar-refractivity contribution is -0.251.